The number of fused-ring (bicyclic) bond motifs is 3. The van der Waals surface area contributed by atoms with Gasteiger partial charge in [0, 0.05) is 14.2 Å². The SMILES string of the molecule is CON(C(=O)[C@H](CP(=O)(OC)OC)C(=O)O)C1c2ccccc2-c2ccccc21. The third-order valence-corrected chi connectivity index (χ3v) is 6.93. The van der Waals surface area contributed by atoms with E-state index in [0.29, 0.717) is 0 Å². The van der Waals surface area contributed by atoms with Crippen LogP contribution >= 0.6 is 7.60 Å². The van der Waals surface area contributed by atoms with Crippen molar-refractivity contribution in [2.45, 2.75) is 6.04 Å². The van der Waals surface area contributed by atoms with Crippen molar-refractivity contribution in [2.24, 2.45) is 5.92 Å². The predicted molar refractivity (Wildman–Crippen MR) is 105 cm³/mol. The van der Waals surface area contributed by atoms with E-state index >= 15 is 0 Å². The van der Waals surface area contributed by atoms with Crippen LogP contribution in [0.25, 0.3) is 11.1 Å². The average molecular weight is 419 g/mol. The van der Waals surface area contributed by atoms with E-state index < -0.39 is 37.6 Å². The van der Waals surface area contributed by atoms with Gasteiger partial charge in [-0.1, -0.05) is 48.5 Å². The summed E-state index contributed by atoms with van der Waals surface area (Å²) in [5, 5.41) is 10.7. The molecule has 29 heavy (non-hydrogen) atoms. The van der Waals surface area contributed by atoms with E-state index in [4.69, 9.17) is 13.9 Å². The normalized spacial score (nSPS) is 14.2. The molecule has 0 radical (unpaired) electrons. The maximum absolute atomic E-state index is 13.2. The molecule has 0 saturated heterocycles. The fourth-order valence-corrected chi connectivity index (χ4v) is 4.77. The summed E-state index contributed by atoms with van der Waals surface area (Å²) in [6, 6.07) is 14.4. The summed E-state index contributed by atoms with van der Waals surface area (Å²) >= 11 is 0. The number of carboxylic acid groups (broad SMARTS) is 1. The largest absolute Gasteiger partial charge is 0.481 e. The summed E-state index contributed by atoms with van der Waals surface area (Å²) in [6.07, 6.45) is -0.607. The first-order valence-electron chi connectivity index (χ1n) is 8.85. The smallest absolute Gasteiger partial charge is 0.331 e. The Bertz CT molecular complexity index is 923. The lowest BCUT2D eigenvalue weighted by Gasteiger charge is -2.30. The quantitative estimate of drug-likeness (QED) is 0.398. The molecule has 0 unspecified atom stereocenters. The molecular formula is C20H22NO7P. The van der Waals surface area contributed by atoms with Gasteiger partial charge in [-0.05, 0) is 22.3 Å². The van der Waals surface area contributed by atoms with Crippen LogP contribution in [0.5, 0.6) is 0 Å². The molecule has 0 aliphatic heterocycles. The van der Waals surface area contributed by atoms with Gasteiger partial charge in [0.1, 0.15) is 12.0 Å². The number of carbonyl (C=O) groups is 2. The number of carboxylic acids is 1. The minimum Gasteiger partial charge on any atom is -0.481 e. The highest BCUT2D eigenvalue weighted by molar-refractivity contribution is 7.53. The van der Waals surface area contributed by atoms with Gasteiger partial charge in [0.25, 0.3) is 5.91 Å². The molecular weight excluding hydrogens is 397 g/mol. The molecule has 154 valence electrons. The van der Waals surface area contributed by atoms with E-state index in [1.807, 2.05) is 48.5 Å². The summed E-state index contributed by atoms with van der Waals surface area (Å²) in [6.45, 7) is 0. The van der Waals surface area contributed by atoms with E-state index in [9.17, 15) is 19.3 Å². The zero-order valence-electron chi connectivity index (χ0n) is 16.3. The number of amides is 1. The van der Waals surface area contributed by atoms with E-state index in [0.717, 1.165) is 41.5 Å². The van der Waals surface area contributed by atoms with E-state index in [-0.39, 0.29) is 0 Å². The van der Waals surface area contributed by atoms with Crippen molar-refractivity contribution in [3.63, 3.8) is 0 Å². The second-order valence-corrected chi connectivity index (χ2v) is 8.79. The van der Waals surface area contributed by atoms with Gasteiger partial charge in [-0.25, -0.2) is 5.06 Å². The predicted octanol–water partition coefficient (Wildman–Crippen LogP) is 3.33. The van der Waals surface area contributed by atoms with Crippen molar-refractivity contribution in [2.75, 3.05) is 27.5 Å². The average Bonchev–Trinajstić information content (AvgIpc) is 3.07. The van der Waals surface area contributed by atoms with Crippen LogP contribution in [0.2, 0.25) is 0 Å². The molecule has 1 atom stereocenters. The van der Waals surface area contributed by atoms with Crippen LogP contribution in [0, 0.1) is 5.92 Å². The summed E-state index contributed by atoms with van der Waals surface area (Å²) in [4.78, 5) is 30.4. The standard InChI is InChI=1S/C20H22NO7P/c1-26-21(19(22)17(20(23)24)12-29(25,27-2)28-3)18-15-10-6-4-8-13(15)14-9-5-7-11-16(14)18/h4-11,17-18H,12H2,1-3H3,(H,23,24)/t17-/m0/s1. The highest BCUT2D eigenvalue weighted by Crippen LogP contribution is 2.50. The van der Waals surface area contributed by atoms with Crippen molar-refractivity contribution in [3.8, 4) is 11.1 Å². The number of hydrogen-bond acceptors (Lipinski definition) is 6. The first-order valence-corrected chi connectivity index (χ1v) is 10.6. The van der Waals surface area contributed by atoms with E-state index in [1.165, 1.54) is 7.11 Å². The van der Waals surface area contributed by atoms with Gasteiger partial charge in [-0.15, -0.1) is 0 Å². The first kappa shape index (κ1) is 21.2. The summed E-state index contributed by atoms with van der Waals surface area (Å²) < 4.78 is 22.1. The molecule has 0 saturated carbocycles. The van der Waals surface area contributed by atoms with Crippen LogP contribution in [0.3, 0.4) is 0 Å². The molecule has 1 aliphatic carbocycles. The number of carbonyl (C=O) groups excluding carboxylic acids is 1. The van der Waals surface area contributed by atoms with Gasteiger partial charge >= 0.3 is 13.6 Å². The van der Waals surface area contributed by atoms with Gasteiger partial charge < -0.3 is 14.2 Å². The molecule has 0 bridgehead atoms. The third-order valence-electron chi connectivity index (χ3n) is 5.01. The Morgan fingerprint density at radius 1 is 1.00 bits per heavy atom. The highest BCUT2D eigenvalue weighted by Gasteiger charge is 2.43. The zero-order valence-corrected chi connectivity index (χ0v) is 17.2. The summed E-state index contributed by atoms with van der Waals surface area (Å²) in [5.41, 5.74) is 3.51. The van der Waals surface area contributed by atoms with Crippen LogP contribution in [-0.2, 0) is 28.0 Å². The maximum atomic E-state index is 13.2. The number of hydroxylamine groups is 2. The molecule has 0 aromatic heterocycles. The Morgan fingerprint density at radius 2 is 1.48 bits per heavy atom. The molecule has 0 spiro atoms. The third kappa shape index (κ3) is 3.84. The van der Waals surface area contributed by atoms with Crippen LogP contribution in [0.1, 0.15) is 17.2 Å². The highest BCUT2D eigenvalue weighted by atomic mass is 31.2. The zero-order chi connectivity index (χ0) is 21.2. The van der Waals surface area contributed by atoms with Crippen LogP contribution < -0.4 is 0 Å². The number of rotatable bonds is 8. The Balaban J connectivity index is 2.03. The lowest BCUT2D eigenvalue weighted by molar-refractivity contribution is -0.191. The van der Waals surface area contributed by atoms with Crippen LogP contribution in [0.4, 0.5) is 0 Å². The fourth-order valence-electron chi connectivity index (χ4n) is 3.57. The van der Waals surface area contributed by atoms with Crippen molar-refractivity contribution in [1.29, 1.82) is 0 Å². The Morgan fingerprint density at radius 3 is 1.90 bits per heavy atom. The fraction of sp³-hybridized carbons (Fsp3) is 0.300. The Labute approximate surface area is 168 Å². The Kier molecular flexibility index (Phi) is 6.19. The Hall–Kier alpha value is -2.51. The maximum Gasteiger partial charge on any atom is 0.331 e. The first-order chi connectivity index (χ1) is 13.9. The molecule has 1 aliphatic rings. The second-order valence-electron chi connectivity index (χ2n) is 6.47. The number of nitrogens with zero attached hydrogens (tertiary/aromatic N) is 1. The topological polar surface area (TPSA) is 102 Å². The molecule has 3 rings (SSSR count). The second kappa shape index (κ2) is 8.47. The van der Waals surface area contributed by atoms with Gasteiger partial charge in [-0.3, -0.25) is 19.0 Å². The van der Waals surface area contributed by atoms with Gasteiger partial charge in [0.2, 0.25) is 0 Å². The van der Waals surface area contributed by atoms with Crippen LogP contribution in [0.15, 0.2) is 48.5 Å². The molecule has 1 amide bonds. The molecule has 0 heterocycles. The molecule has 0 fully saturated rings. The number of aliphatic carboxylic acids is 1. The molecule has 1 N–H and O–H groups in total. The minimum absolute atomic E-state index is 0.607. The summed E-state index contributed by atoms with van der Waals surface area (Å²) in [5.74, 6) is -3.95. The van der Waals surface area contributed by atoms with E-state index in [1.54, 1.807) is 0 Å². The molecule has 8 nitrogen and oxygen atoms in total. The monoisotopic (exact) mass is 419 g/mol. The number of benzene rings is 2. The van der Waals surface area contributed by atoms with Gasteiger partial charge in [-0.2, -0.15) is 0 Å². The van der Waals surface area contributed by atoms with Crippen LogP contribution in [-0.4, -0.2) is 49.5 Å². The van der Waals surface area contributed by atoms with Crippen molar-refractivity contribution in [1.82, 2.24) is 5.06 Å². The summed E-state index contributed by atoms with van der Waals surface area (Å²) in [7, 11) is -0.157. The lowest BCUT2D eigenvalue weighted by Crippen LogP contribution is -2.42. The van der Waals surface area contributed by atoms with Gasteiger partial charge in [0.15, 0.2) is 0 Å². The van der Waals surface area contributed by atoms with Crippen molar-refractivity contribution >= 4 is 19.5 Å². The molecule has 9 heteroatoms. The number of hydrogen-bond donors (Lipinski definition) is 1. The van der Waals surface area contributed by atoms with Gasteiger partial charge in [0.05, 0.1) is 13.3 Å². The van der Waals surface area contributed by atoms with Crippen molar-refractivity contribution in [3.05, 3.63) is 59.7 Å². The van der Waals surface area contributed by atoms with Crippen molar-refractivity contribution < 1.29 is 33.1 Å². The van der Waals surface area contributed by atoms with E-state index in [2.05, 4.69) is 0 Å². The lowest BCUT2D eigenvalue weighted by atomic mass is 10.0. The molecule has 2 aromatic carbocycles. The molecule has 2 aromatic rings. The minimum atomic E-state index is -3.74.